The first-order valence-corrected chi connectivity index (χ1v) is 1.10. The fourth-order valence-electron chi connectivity index (χ4n) is 0. The lowest BCUT2D eigenvalue weighted by Gasteiger charge is -1.97. The summed E-state index contributed by atoms with van der Waals surface area (Å²) < 4.78 is 21.6. The van der Waals surface area contributed by atoms with E-state index in [1.54, 1.807) is 0 Å². The zero-order valence-electron chi connectivity index (χ0n) is 2.78. The molecule has 0 amide bonds. The Balaban J connectivity index is 3.17. The zero-order valence-corrected chi connectivity index (χ0v) is 2.78. The van der Waals surface area contributed by atoms with E-state index >= 15 is 0 Å². The highest BCUT2D eigenvalue weighted by Gasteiger charge is 2.21. The Morgan fingerprint density at radius 1 is 1.67 bits per heavy atom. The van der Waals surface area contributed by atoms with Gasteiger partial charge in [0, 0.05) is 6.92 Å². The summed E-state index contributed by atoms with van der Waals surface area (Å²) in [6.45, 7) is 2.02. The molecule has 36 valence electrons. The molecule has 0 fully saturated rings. The van der Waals surface area contributed by atoms with Gasteiger partial charge in [-0.25, -0.2) is 0 Å². The summed E-state index contributed by atoms with van der Waals surface area (Å²) in [6.07, 6.45) is -3.76. The average Bonchev–Trinajstić information content (AvgIpc) is 1.35. The second-order valence-corrected chi connectivity index (χ2v) is 0.721. The predicted molar refractivity (Wildman–Crippen MR) is 12.1 cm³/mol. The lowest BCUT2D eigenvalue weighted by molar-refractivity contribution is -0.433. The quantitative estimate of drug-likeness (QED) is 0.350. The SMILES string of the molecule is [CH2]C(F)(F)O[O]. The Labute approximate surface area is 33.3 Å². The van der Waals surface area contributed by atoms with Crippen molar-refractivity contribution in [2.45, 2.75) is 6.11 Å². The molecule has 0 spiro atoms. The van der Waals surface area contributed by atoms with Gasteiger partial charge in [0.15, 0.2) is 0 Å². The summed E-state index contributed by atoms with van der Waals surface area (Å²) in [6, 6.07) is 0. The number of alkyl halides is 2. The fourth-order valence-corrected chi connectivity index (χ4v) is 0. The van der Waals surface area contributed by atoms with Crippen molar-refractivity contribution in [3.05, 3.63) is 6.92 Å². The predicted octanol–water partition coefficient (Wildman–Crippen LogP) is 0.775. The Bertz CT molecular complexity index is 39.3. The van der Waals surface area contributed by atoms with Gasteiger partial charge in [-0.05, 0) is 5.26 Å². The maximum Gasteiger partial charge on any atom is 0.384 e. The van der Waals surface area contributed by atoms with Crippen LogP contribution in [0.1, 0.15) is 0 Å². The van der Waals surface area contributed by atoms with E-state index in [1.807, 2.05) is 6.92 Å². The van der Waals surface area contributed by atoms with Gasteiger partial charge in [-0.15, -0.1) is 4.89 Å². The molecule has 0 saturated heterocycles. The van der Waals surface area contributed by atoms with Crippen LogP contribution in [-0.4, -0.2) is 6.11 Å². The van der Waals surface area contributed by atoms with Crippen molar-refractivity contribution in [2.75, 3.05) is 0 Å². The van der Waals surface area contributed by atoms with E-state index in [2.05, 4.69) is 4.89 Å². The van der Waals surface area contributed by atoms with E-state index in [9.17, 15) is 8.78 Å². The average molecular weight is 96.0 g/mol. The van der Waals surface area contributed by atoms with Crippen LogP contribution in [0.3, 0.4) is 0 Å². The molecular formula is C2H2F2O2. The molecule has 0 aromatic rings. The molecule has 0 heterocycles. The van der Waals surface area contributed by atoms with Crippen LogP contribution in [0.15, 0.2) is 0 Å². The molecule has 0 aromatic heterocycles. The zero-order chi connectivity index (χ0) is 5.21. The summed E-state index contributed by atoms with van der Waals surface area (Å²) in [4.78, 5) is 2.24. The number of hydrogen-bond donors (Lipinski definition) is 0. The molecule has 0 rings (SSSR count). The van der Waals surface area contributed by atoms with Crippen LogP contribution < -0.4 is 0 Å². The minimum atomic E-state index is -3.76. The highest BCUT2D eigenvalue weighted by Crippen LogP contribution is 2.09. The second kappa shape index (κ2) is 1.49. The molecule has 6 heavy (non-hydrogen) atoms. The Morgan fingerprint density at radius 3 is 1.83 bits per heavy atom. The van der Waals surface area contributed by atoms with E-state index in [0.29, 0.717) is 0 Å². The minimum Gasteiger partial charge on any atom is -0.173 e. The van der Waals surface area contributed by atoms with Crippen LogP contribution in [0.25, 0.3) is 0 Å². The van der Waals surface area contributed by atoms with Gasteiger partial charge in [-0.2, -0.15) is 8.78 Å². The summed E-state index contributed by atoms with van der Waals surface area (Å²) in [5, 5.41) is 8.64. The first-order chi connectivity index (χ1) is 2.56. The topological polar surface area (TPSA) is 29.1 Å². The van der Waals surface area contributed by atoms with Crippen LogP contribution in [0.5, 0.6) is 0 Å². The molecule has 0 unspecified atom stereocenters. The summed E-state index contributed by atoms with van der Waals surface area (Å²) >= 11 is 0. The molecule has 0 bridgehead atoms. The third-order valence-electron chi connectivity index (χ3n) is 0.122. The van der Waals surface area contributed by atoms with Crippen LogP contribution in [0, 0.1) is 6.92 Å². The van der Waals surface area contributed by atoms with Gasteiger partial charge >= 0.3 is 6.11 Å². The Hall–Kier alpha value is -0.220. The van der Waals surface area contributed by atoms with Crippen molar-refractivity contribution in [2.24, 2.45) is 0 Å². The van der Waals surface area contributed by atoms with Crippen LogP contribution in [0.4, 0.5) is 8.78 Å². The van der Waals surface area contributed by atoms with Gasteiger partial charge in [-0.1, -0.05) is 0 Å². The molecule has 2 radical (unpaired) electrons. The fraction of sp³-hybridized carbons (Fsp3) is 0.500. The molecule has 0 N–H and O–H groups in total. The van der Waals surface area contributed by atoms with E-state index in [0.717, 1.165) is 0 Å². The van der Waals surface area contributed by atoms with Crippen molar-refractivity contribution in [3.63, 3.8) is 0 Å². The Morgan fingerprint density at radius 2 is 1.83 bits per heavy atom. The van der Waals surface area contributed by atoms with E-state index in [1.165, 1.54) is 0 Å². The van der Waals surface area contributed by atoms with E-state index < -0.39 is 6.11 Å². The molecule has 0 aliphatic rings. The van der Waals surface area contributed by atoms with Crippen molar-refractivity contribution in [1.29, 1.82) is 0 Å². The van der Waals surface area contributed by atoms with Gasteiger partial charge in [0.2, 0.25) is 0 Å². The van der Waals surface area contributed by atoms with E-state index in [4.69, 9.17) is 5.26 Å². The molecule has 0 aliphatic carbocycles. The summed E-state index contributed by atoms with van der Waals surface area (Å²) in [5.41, 5.74) is 0. The normalized spacial score (nSPS) is 12.0. The lowest BCUT2D eigenvalue weighted by Crippen LogP contribution is -2.10. The number of hydrogen-bond acceptors (Lipinski definition) is 1. The second-order valence-electron chi connectivity index (χ2n) is 0.721. The Kier molecular flexibility index (Phi) is 1.43. The number of halogens is 2. The van der Waals surface area contributed by atoms with Crippen LogP contribution in [-0.2, 0) is 10.1 Å². The van der Waals surface area contributed by atoms with Gasteiger partial charge in [0.05, 0.1) is 0 Å². The lowest BCUT2D eigenvalue weighted by atomic mass is 10.8. The van der Waals surface area contributed by atoms with Crippen LogP contribution >= 0.6 is 0 Å². The molecule has 2 nitrogen and oxygen atoms in total. The first kappa shape index (κ1) is 5.78. The smallest absolute Gasteiger partial charge is 0.173 e. The number of rotatable bonds is 1. The van der Waals surface area contributed by atoms with Gasteiger partial charge in [0.25, 0.3) is 0 Å². The molecular weight excluding hydrogens is 94.0 g/mol. The van der Waals surface area contributed by atoms with Crippen molar-refractivity contribution in [1.82, 2.24) is 0 Å². The van der Waals surface area contributed by atoms with Crippen molar-refractivity contribution >= 4 is 0 Å². The summed E-state index contributed by atoms with van der Waals surface area (Å²) in [7, 11) is 0. The largest absolute Gasteiger partial charge is 0.384 e. The highest BCUT2D eigenvalue weighted by atomic mass is 19.3. The van der Waals surface area contributed by atoms with Crippen molar-refractivity contribution in [3.8, 4) is 0 Å². The molecule has 0 aliphatic heterocycles. The maximum atomic E-state index is 10.8. The highest BCUT2D eigenvalue weighted by molar-refractivity contribution is 4.47. The molecule has 0 saturated carbocycles. The summed E-state index contributed by atoms with van der Waals surface area (Å²) in [5.74, 6) is 0. The third-order valence-corrected chi connectivity index (χ3v) is 0.122. The molecule has 0 atom stereocenters. The van der Waals surface area contributed by atoms with E-state index in [-0.39, 0.29) is 0 Å². The minimum absolute atomic E-state index is 2.02. The molecule has 0 aromatic carbocycles. The van der Waals surface area contributed by atoms with Gasteiger partial charge < -0.3 is 0 Å². The van der Waals surface area contributed by atoms with Gasteiger partial charge in [0.1, 0.15) is 0 Å². The van der Waals surface area contributed by atoms with Crippen LogP contribution in [0.2, 0.25) is 0 Å². The molecule has 4 heteroatoms. The standard InChI is InChI=1S/C2H2F2O2/c1-2(3,4)6-5/h1H2. The monoisotopic (exact) mass is 96.0 g/mol. The first-order valence-electron chi connectivity index (χ1n) is 1.10. The van der Waals surface area contributed by atoms with Crippen molar-refractivity contribution < 1.29 is 18.9 Å². The third kappa shape index (κ3) is 3.78. The maximum absolute atomic E-state index is 10.8. The van der Waals surface area contributed by atoms with Gasteiger partial charge in [-0.3, -0.25) is 0 Å².